The van der Waals surface area contributed by atoms with E-state index in [2.05, 4.69) is 15.7 Å². The number of aromatic nitrogens is 1. The second-order valence-electron chi connectivity index (χ2n) is 4.41. The van der Waals surface area contributed by atoms with Crippen molar-refractivity contribution in [3.05, 3.63) is 28.0 Å². The molecule has 0 radical (unpaired) electrons. The highest BCUT2D eigenvalue weighted by Crippen LogP contribution is 2.24. The second-order valence-corrected chi connectivity index (χ2v) is 6.91. The smallest absolute Gasteiger partial charge is 0.241 e. The van der Waals surface area contributed by atoms with Crippen LogP contribution in [0.4, 0.5) is 0 Å². The molecule has 0 saturated carbocycles. The number of amides is 1. The van der Waals surface area contributed by atoms with E-state index in [0.717, 1.165) is 5.56 Å². The summed E-state index contributed by atoms with van der Waals surface area (Å²) < 4.78 is 22.7. The van der Waals surface area contributed by atoms with Crippen LogP contribution in [0, 0.1) is 0 Å². The first-order valence-electron chi connectivity index (χ1n) is 5.99. The maximum Gasteiger partial charge on any atom is 0.241 e. The molecule has 0 aliphatic heterocycles. The first-order chi connectivity index (χ1) is 9.73. The van der Waals surface area contributed by atoms with E-state index in [-0.39, 0.29) is 28.5 Å². The number of carbonyl (C=O) groups excluding carboxylic acids is 1. The number of halogens is 2. The van der Waals surface area contributed by atoms with Crippen molar-refractivity contribution in [1.29, 1.82) is 0 Å². The van der Waals surface area contributed by atoms with Crippen molar-refractivity contribution in [3.63, 3.8) is 0 Å². The second kappa shape index (κ2) is 7.90. The van der Waals surface area contributed by atoms with E-state index >= 15 is 0 Å². The number of hydrazine groups is 1. The number of sulfonamides is 1. The van der Waals surface area contributed by atoms with E-state index in [9.17, 15) is 13.2 Å². The molecule has 0 aliphatic carbocycles. The molecule has 1 amide bonds. The Bertz CT molecular complexity index is 589. The highest BCUT2D eigenvalue weighted by Gasteiger charge is 2.15. The molecule has 1 aromatic heterocycles. The zero-order valence-corrected chi connectivity index (χ0v) is 13.8. The van der Waals surface area contributed by atoms with Crippen molar-refractivity contribution < 1.29 is 13.2 Å². The van der Waals surface area contributed by atoms with Gasteiger partial charge in [0, 0.05) is 6.42 Å². The van der Waals surface area contributed by atoms with Crippen LogP contribution in [0.15, 0.2) is 12.1 Å². The Morgan fingerprint density at radius 3 is 2.43 bits per heavy atom. The largest absolute Gasteiger partial charge is 0.306 e. The summed E-state index contributed by atoms with van der Waals surface area (Å²) in [4.78, 5) is 17.5. The van der Waals surface area contributed by atoms with Crippen molar-refractivity contribution in [2.75, 3.05) is 12.9 Å². The fraction of sp³-hybridized carbons (Fsp3) is 0.455. The average Bonchev–Trinajstić information content (AvgIpc) is 2.35. The summed E-state index contributed by atoms with van der Waals surface area (Å²) in [6.45, 7) is 1.80. The van der Waals surface area contributed by atoms with Gasteiger partial charge in [0.05, 0.1) is 0 Å². The Balaban J connectivity index is 2.58. The molecule has 0 bridgehead atoms. The molecule has 0 aliphatic rings. The normalized spacial score (nSPS) is 13.0. The minimum atomic E-state index is -3.59. The molecule has 1 heterocycles. The molecular weight excluding hydrogens is 339 g/mol. The molecule has 7 nitrogen and oxygen atoms in total. The number of carbonyl (C=O) groups is 1. The third-order valence-corrected chi connectivity index (χ3v) is 4.00. The Hall–Kier alpha value is -0.930. The summed E-state index contributed by atoms with van der Waals surface area (Å²) in [5, 5.41) is 2.94. The first kappa shape index (κ1) is 18.1. The Morgan fingerprint density at radius 1 is 1.33 bits per heavy atom. The molecule has 0 saturated heterocycles. The highest BCUT2D eigenvalue weighted by atomic mass is 35.5. The van der Waals surface area contributed by atoms with Gasteiger partial charge in [0.15, 0.2) is 0 Å². The lowest BCUT2D eigenvalue weighted by Crippen LogP contribution is -2.44. The van der Waals surface area contributed by atoms with E-state index in [4.69, 9.17) is 23.2 Å². The number of nitrogens with zero attached hydrogens (tertiary/aromatic N) is 1. The fourth-order valence-electron chi connectivity index (χ4n) is 1.58. The number of rotatable bonds is 7. The molecule has 0 spiro atoms. The third-order valence-electron chi connectivity index (χ3n) is 2.53. The molecule has 1 rings (SSSR count). The van der Waals surface area contributed by atoms with Gasteiger partial charge in [-0.2, -0.15) is 0 Å². The van der Waals surface area contributed by atoms with Gasteiger partial charge in [0.25, 0.3) is 0 Å². The summed E-state index contributed by atoms with van der Waals surface area (Å²) in [5.74, 6) is -0.957. The predicted octanol–water partition coefficient (Wildman–Crippen LogP) is 1.01. The Labute approximate surface area is 133 Å². The molecule has 1 atom stereocenters. The summed E-state index contributed by atoms with van der Waals surface area (Å²) in [6.07, 6.45) is 0.0682. The lowest BCUT2D eigenvalue weighted by atomic mass is 9.99. The summed E-state index contributed by atoms with van der Waals surface area (Å²) >= 11 is 11.6. The maximum absolute atomic E-state index is 11.7. The van der Waals surface area contributed by atoms with Crippen LogP contribution < -0.4 is 15.6 Å². The standard InChI is InChI=1S/C11H16Cl2N4O3S/c1-7(8-4-9(12)15-10(13)5-8)3-11(18)16-17-21(19,20)6-14-2/h4-5,7,14,17H,3,6H2,1-2H3,(H,16,18)/t7-/m1/s1. The molecule has 0 fully saturated rings. The van der Waals surface area contributed by atoms with Crippen LogP contribution in [0.25, 0.3) is 0 Å². The minimum absolute atomic E-state index is 0.0682. The predicted molar refractivity (Wildman–Crippen MR) is 81.4 cm³/mol. The highest BCUT2D eigenvalue weighted by molar-refractivity contribution is 7.89. The quantitative estimate of drug-likeness (QED) is 0.501. The van der Waals surface area contributed by atoms with Gasteiger partial charge >= 0.3 is 0 Å². The van der Waals surface area contributed by atoms with E-state index in [1.165, 1.54) is 7.05 Å². The third kappa shape index (κ3) is 6.58. The monoisotopic (exact) mass is 354 g/mol. The number of pyridine rings is 1. The van der Waals surface area contributed by atoms with E-state index in [1.807, 2.05) is 4.83 Å². The van der Waals surface area contributed by atoms with E-state index in [1.54, 1.807) is 19.1 Å². The van der Waals surface area contributed by atoms with Crippen LogP contribution in [-0.2, 0) is 14.8 Å². The van der Waals surface area contributed by atoms with Crippen LogP contribution in [0.1, 0.15) is 24.8 Å². The van der Waals surface area contributed by atoms with E-state index in [0.29, 0.717) is 0 Å². The Kier molecular flexibility index (Phi) is 6.82. The van der Waals surface area contributed by atoms with Gasteiger partial charge in [0.1, 0.15) is 16.2 Å². The molecular formula is C11H16Cl2N4O3S. The molecule has 21 heavy (non-hydrogen) atoms. The van der Waals surface area contributed by atoms with Crippen molar-refractivity contribution in [2.45, 2.75) is 19.3 Å². The summed E-state index contributed by atoms with van der Waals surface area (Å²) in [7, 11) is -2.10. The lowest BCUT2D eigenvalue weighted by Gasteiger charge is -2.13. The van der Waals surface area contributed by atoms with Crippen LogP contribution >= 0.6 is 23.2 Å². The first-order valence-corrected chi connectivity index (χ1v) is 8.40. The van der Waals surface area contributed by atoms with Crippen molar-refractivity contribution in [1.82, 2.24) is 20.6 Å². The molecule has 0 unspecified atom stereocenters. The SMILES string of the molecule is CNCS(=O)(=O)NNC(=O)C[C@@H](C)c1cc(Cl)nc(Cl)c1. The zero-order valence-electron chi connectivity index (χ0n) is 11.5. The topological polar surface area (TPSA) is 100 Å². The summed E-state index contributed by atoms with van der Waals surface area (Å²) in [6, 6.07) is 3.22. The van der Waals surface area contributed by atoms with Gasteiger partial charge in [-0.1, -0.05) is 30.1 Å². The van der Waals surface area contributed by atoms with Crippen molar-refractivity contribution >= 4 is 39.1 Å². The molecule has 0 aromatic carbocycles. The molecule has 10 heteroatoms. The van der Waals surface area contributed by atoms with E-state index < -0.39 is 15.9 Å². The van der Waals surface area contributed by atoms with Gasteiger partial charge in [0.2, 0.25) is 15.9 Å². The van der Waals surface area contributed by atoms with Crippen molar-refractivity contribution in [2.24, 2.45) is 0 Å². The zero-order chi connectivity index (χ0) is 16.0. The van der Waals surface area contributed by atoms with Gasteiger partial charge in [-0.15, -0.1) is 4.83 Å². The van der Waals surface area contributed by atoms with Crippen molar-refractivity contribution in [3.8, 4) is 0 Å². The van der Waals surface area contributed by atoms with Crippen LogP contribution in [-0.4, -0.2) is 32.2 Å². The van der Waals surface area contributed by atoms with Crippen LogP contribution in [0.3, 0.4) is 0 Å². The van der Waals surface area contributed by atoms with Gasteiger partial charge in [-0.3, -0.25) is 10.2 Å². The Morgan fingerprint density at radius 2 is 1.90 bits per heavy atom. The lowest BCUT2D eigenvalue weighted by molar-refractivity contribution is -0.121. The van der Waals surface area contributed by atoms with Crippen LogP contribution in [0.5, 0.6) is 0 Å². The van der Waals surface area contributed by atoms with Crippen LogP contribution in [0.2, 0.25) is 10.3 Å². The number of hydrogen-bond donors (Lipinski definition) is 3. The maximum atomic E-state index is 11.7. The molecule has 1 aromatic rings. The van der Waals surface area contributed by atoms with Gasteiger partial charge in [-0.25, -0.2) is 13.4 Å². The van der Waals surface area contributed by atoms with Gasteiger partial charge < -0.3 is 5.32 Å². The molecule has 3 N–H and O–H groups in total. The minimum Gasteiger partial charge on any atom is -0.306 e. The molecule has 118 valence electrons. The number of nitrogens with one attached hydrogen (secondary N) is 3. The number of hydrogen-bond acceptors (Lipinski definition) is 5. The fourth-order valence-corrected chi connectivity index (χ4v) is 2.77. The van der Waals surface area contributed by atoms with Gasteiger partial charge in [-0.05, 0) is 30.7 Å². The summed E-state index contributed by atoms with van der Waals surface area (Å²) in [5.41, 5.74) is 2.88. The average molecular weight is 355 g/mol.